The first-order valence-corrected chi connectivity index (χ1v) is 9.60. The van der Waals surface area contributed by atoms with E-state index < -0.39 is 9.84 Å². The molecule has 23 heavy (non-hydrogen) atoms. The number of ether oxygens (including phenoxy) is 1. The maximum absolute atomic E-state index is 12.1. The van der Waals surface area contributed by atoms with Gasteiger partial charge in [0.25, 0.3) is 5.91 Å². The van der Waals surface area contributed by atoms with Crippen LogP contribution in [-0.4, -0.2) is 33.8 Å². The smallest absolute Gasteiger partial charge is 0.251 e. The number of methoxy groups -OCH3 is 1. The second kappa shape index (κ2) is 7.72. The van der Waals surface area contributed by atoms with Crippen LogP contribution in [0.3, 0.4) is 0 Å². The van der Waals surface area contributed by atoms with Gasteiger partial charge in [-0.3, -0.25) is 4.79 Å². The molecule has 1 N–H and O–H groups in total. The number of nitrogens with one attached hydrogen (secondary N) is 1. The molecule has 1 amide bonds. The molecule has 2 rings (SSSR count). The fourth-order valence-corrected chi connectivity index (χ4v) is 3.99. The van der Waals surface area contributed by atoms with Crippen molar-refractivity contribution in [3.63, 3.8) is 0 Å². The third-order valence-corrected chi connectivity index (χ3v) is 6.13. The van der Waals surface area contributed by atoms with Crippen molar-refractivity contribution in [3.8, 4) is 0 Å². The zero-order chi connectivity index (χ0) is 16.9. The minimum absolute atomic E-state index is 0.0767. The van der Waals surface area contributed by atoms with Crippen molar-refractivity contribution in [1.29, 1.82) is 0 Å². The minimum atomic E-state index is -3.37. The van der Waals surface area contributed by atoms with Crippen molar-refractivity contribution >= 4 is 27.1 Å². The zero-order valence-electron chi connectivity index (χ0n) is 13.0. The molecule has 0 saturated carbocycles. The topological polar surface area (TPSA) is 72.5 Å². The second-order valence-corrected chi connectivity index (χ2v) is 8.16. The molecule has 0 radical (unpaired) electrons. The molecule has 0 bridgehead atoms. The first kappa shape index (κ1) is 17.7. The highest BCUT2D eigenvalue weighted by Crippen LogP contribution is 2.16. The summed E-state index contributed by atoms with van der Waals surface area (Å²) in [6.07, 6.45) is 0. The fourth-order valence-electron chi connectivity index (χ4n) is 1.97. The molecule has 1 heterocycles. The van der Waals surface area contributed by atoms with Gasteiger partial charge in [-0.15, -0.1) is 11.3 Å². The standard InChI is InChI=1S/C16H19NO4S2/c1-12-7-9-22-15(12)11-17-16(18)13-3-5-14(6-4-13)23(19,20)10-8-21-2/h3-7,9H,8,10-11H2,1-2H3,(H,17,18). The van der Waals surface area contributed by atoms with Gasteiger partial charge in [0.1, 0.15) is 0 Å². The van der Waals surface area contributed by atoms with E-state index in [1.54, 1.807) is 11.3 Å². The van der Waals surface area contributed by atoms with E-state index in [0.29, 0.717) is 12.1 Å². The van der Waals surface area contributed by atoms with Crippen molar-refractivity contribution in [2.75, 3.05) is 19.5 Å². The van der Waals surface area contributed by atoms with Crippen LogP contribution in [0, 0.1) is 6.92 Å². The van der Waals surface area contributed by atoms with E-state index in [1.807, 2.05) is 18.4 Å². The molecule has 7 heteroatoms. The summed E-state index contributed by atoms with van der Waals surface area (Å²) in [4.78, 5) is 13.4. The molecule has 0 unspecified atom stereocenters. The predicted octanol–water partition coefficient (Wildman–Crippen LogP) is 2.41. The molecule has 2 aromatic rings. The quantitative estimate of drug-likeness (QED) is 0.830. The Morgan fingerprint density at radius 2 is 1.91 bits per heavy atom. The van der Waals surface area contributed by atoms with Crippen LogP contribution in [0.15, 0.2) is 40.6 Å². The van der Waals surface area contributed by atoms with E-state index in [2.05, 4.69) is 5.32 Å². The fraction of sp³-hybridized carbons (Fsp3) is 0.312. The number of aryl methyl sites for hydroxylation is 1. The number of carbonyl (C=O) groups is 1. The molecule has 0 saturated heterocycles. The van der Waals surface area contributed by atoms with Crippen LogP contribution in [0.25, 0.3) is 0 Å². The number of benzene rings is 1. The lowest BCUT2D eigenvalue weighted by Crippen LogP contribution is -2.22. The van der Waals surface area contributed by atoms with Crippen molar-refractivity contribution in [2.24, 2.45) is 0 Å². The zero-order valence-corrected chi connectivity index (χ0v) is 14.7. The summed E-state index contributed by atoms with van der Waals surface area (Å²) < 4.78 is 28.8. The lowest BCUT2D eigenvalue weighted by Gasteiger charge is -2.07. The molecule has 124 valence electrons. The van der Waals surface area contributed by atoms with Crippen molar-refractivity contribution < 1.29 is 17.9 Å². The number of thiophene rings is 1. The third kappa shape index (κ3) is 4.63. The van der Waals surface area contributed by atoms with Gasteiger partial charge < -0.3 is 10.1 Å². The van der Waals surface area contributed by atoms with Gasteiger partial charge in [0.05, 0.1) is 23.8 Å². The van der Waals surface area contributed by atoms with E-state index in [1.165, 1.54) is 31.4 Å². The summed E-state index contributed by atoms with van der Waals surface area (Å²) in [6.45, 7) is 2.61. The number of sulfone groups is 1. The van der Waals surface area contributed by atoms with Gasteiger partial charge in [-0.25, -0.2) is 8.42 Å². The molecule has 0 fully saturated rings. The van der Waals surface area contributed by atoms with Crippen LogP contribution in [0.2, 0.25) is 0 Å². The van der Waals surface area contributed by atoms with E-state index in [-0.39, 0.29) is 23.2 Å². The van der Waals surface area contributed by atoms with E-state index in [4.69, 9.17) is 4.74 Å². The molecule has 0 atom stereocenters. The highest BCUT2D eigenvalue weighted by atomic mass is 32.2. The van der Waals surface area contributed by atoms with Gasteiger partial charge in [0, 0.05) is 17.6 Å². The maximum atomic E-state index is 12.1. The first-order chi connectivity index (χ1) is 10.9. The Labute approximate surface area is 140 Å². The van der Waals surface area contributed by atoms with Crippen LogP contribution in [-0.2, 0) is 21.1 Å². The third-order valence-electron chi connectivity index (χ3n) is 3.41. The molecule has 0 aliphatic heterocycles. The van der Waals surface area contributed by atoms with E-state index in [9.17, 15) is 13.2 Å². The number of amides is 1. The molecule has 1 aromatic heterocycles. The lowest BCUT2D eigenvalue weighted by atomic mass is 10.2. The summed E-state index contributed by atoms with van der Waals surface area (Å²) in [5.41, 5.74) is 1.58. The highest BCUT2D eigenvalue weighted by molar-refractivity contribution is 7.91. The Morgan fingerprint density at radius 1 is 1.22 bits per heavy atom. The summed E-state index contributed by atoms with van der Waals surface area (Å²) in [5, 5.41) is 4.82. The predicted molar refractivity (Wildman–Crippen MR) is 90.6 cm³/mol. The van der Waals surface area contributed by atoms with E-state index in [0.717, 1.165) is 10.4 Å². The lowest BCUT2D eigenvalue weighted by molar-refractivity contribution is 0.0951. The highest BCUT2D eigenvalue weighted by Gasteiger charge is 2.15. The Balaban J connectivity index is 2.01. The van der Waals surface area contributed by atoms with Crippen molar-refractivity contribution in [3.05, 3.63) is 51.7 Å². The maximum Gasteiger partial charge on any atom is 0.251 e. The number of carbonyl (C=O) groups excluding carboxylic acids is 1. The molecule has 0 aliphatic carbocycles. The Kier molecular flexibility index (Phi) is 5.92. The van der Waals surface area contributed by atoms with Crippen LogP contribution in [0.5, 0.6) is 0 Å². The molecule has 0 spiro atoms. The number of rotatable bonds is 7. The number of hydrogen-bond donors (Lipinski definition) is 1. The van der Waals surface area contributed by atoms with Crippen LogP contribution in [0.1, 0.15) is 20.8 Å². The SMILES string of the molecule is COCCS(=O)(=O)c1ccc(C(=O)NCc2sccc2C)cc1. The van der Waals surface area contributed by atoms with Gasteiger partial charge >= 0.3 is 0 Å². The Morgan fingerprint density at radius 3 is 2.48 bits per heavy atom. The molecule has 5 nitrogen and oxygen atoms in total. The van der Waals surface area contributed by atoms with Gasteiger partial charge in [0.15, 0.2) is 9.84 Å². The normalized spacial score (nSPS) is 11.4. The number of hydrogen-bond acceptors (Lipinski definition) is 5. The molecule has 0 aliphatic rings. The largest absolute Gasteiger partial charge is 0.384 e. The van der Waals surface area contributed by atoms with Crippen molar-refractivity contribution in [2.45, 2.75) is 18.4 Å². The van der Waals surface area contributed by atoms with Crippen LogP contribution >= 0.6 is 11.3 Å². The summed E-state index contributed by atoms with van der Waals surface area (Å²) in [7, 11) is -1.92. The van der Waals surface area contributed by atoms with Crippen LogP contribution in [0.4, 0.5) is 0 Å². The average Bonchev–Trinajstić information content (AvgIpc) is 2.96. The monoisotopic (exact) mass is 353 g/mol. The first-order valence-electron chi connectivity index (χ1n) is 7.07. The van der Waals surface area contributed by atoms with Gasteiger partial charge in [0.2, 0.25) is 0 Å². The van der Waals surface area contributed by atoms with Gasteiger partial charge in [-0.1, -0.05) is 0 Å². The van der Waals surface area contributed by atoms with Gasteiger partial charge in [-0.05, 0) is 48.2 Å². The summed E-state index contributed by atoms with van der Waals surface area (Å²) >= 11 is 1.59. The van der Waals surface area contributed by atoms with Crippen LogP contribution < -0.4 is 5.32 Å². The van der Waals surface area contributed by atoms with Gasteiger partial charge in [-0.2, -0.15) is 0 Å². The molecular weight excluding hydrogens is 334 g/mol. The summed E-state index contributed by atoms with van der Waals surface area (Å²) in [6, 6.07) is 7.96. The second-order valence-electron chi connectivity index (χ2n) is 5.05. The van der Waals surface area contributed by atoms with Crippen molar-refractivity contribution in [1.82, 2.24) is 5.32 Å². The van der Waals surface area contributed by atoms with E-state index >= 15 is 0 Å². The minimum Gasteiger partial charge on any atom is -0.384 e. The summed E-state index contributed by atoms with van der Waals surface area (Å²) in [5.74, 6) is -0.300. The Bertz CT molecular complexity index is 764. The molecule has 1 aromatic carbocycles. The molecular formula is C16H19NO4S2. The Hall–Kier alpha value is -1.70. The average molecular weight is 353 g/mol.